The summed E-state index contributed by atoms with van der Waals surface area (Å²) in [6.07, 6.45) is 0. The third-order valence-electron chi connectivity index (χ3n) is 6.90. The normalized spacial score (nSPS) is 11.1. The summed E-state index contributed by atoms with van der Waals surface area (Å²) in [5, 5.41) is 7.40. The molecule has 0 saturated carbocycles. The molecule has 6 heteroatoms. The number of aromatic nitrogens is 2. The summed E-state index contributed by atoms with van der Waals surface area (Å²) in [6.45, 7) is 9.17. The Morgan fingerprint density at radius 3 is 2.28 bits per heavy atom. The highest BCUT2D eigenvalue weighted by Gasteiger charge is 2.12. The molecule has 196 valence electrons. The fourth-order valence-corrected chi connectivity index (χ4v) is 4.58. The molecule has 5 rings (SSSR count). The smallest absolute Gasteiger partial charge is 0.255 e. The van der Waals surface area contributed by atoms with E-state index in [0.717, 1.165) is 58.7 Å². The van der Waals surface area contributed by atoms with E-state index < -0.39 is 0 Å². The molecule has 5 aromatic rings. The number of hydrogen-bond acceptors (Lipinski definition) is 5. The van der Waals surface area contributed by atoms with Crippen molar-refractivity contribution in [3.63, 3.8) is 0 Å². The first-order valence-electron chi connectivity index (χ1n) is 13.4. The van der Waals surface area contributed by atoms with Crippen molar-refractivity contribution in [2.24, 2.45) is 0 Å². The first-order valence-corrected chi connectivity index (χ1v) is 13.4. The van der Waals surface area contributed by atoms with Crippen LogP contribution in [0.3, 0.4) is 0 Å². The Morgan fingerprint density at radius 2 is 1.54 bits per heavy atom. The maximum Gasteiger partial charge on any atom is 0.255 e. The molecular weight excluding hydrogens is 482 g/mol. The number of carbonyl (C=O) groups excluding carboxylic acids is 1. The van der Waals surface area contributed by atoms with Crippen LogP contribution in [0.1, 0.15) is 35.3 Å². The molecule has 0 fully saturated rings. The van der Waals surface area contributed by atoms with E-state index in [1.165, 1.54) is 5.56 Å². The van der Waals surface area contributed by atoms with Gasteiger partial charge in [0.05, 0.1) is 11.2 Å². The Morgan fingerprint density at radius 1 is 0.821 bits per heavy atom. The summed E-state index contributed by atoms with van der Waals surface area (Å²) in [5.74, 6) is 0.364. The molecule has 0 atom stereocenters. The van der Waals surface area contributed by atoms with Crippen LogP contribution in [-0.2, 0) is 6.54 Å². The van der Waals surface area contributed by atoms with Gasteiger partial charge < -0.3 is 10.6 Å². The summed E-state index contributed by atoms with van der Waals surface area (Å²) >= 11 is 0. The Labute approximate surface area is 229 Å². The van der Waals surface area contributed by atoms with Crippen molar-refractivity contribution in [3.05, 3.63) is 114 Å². The number of benzene rings is 4. The Hall–Kier alpha value is -4.55. The van der Waals surface area contributed by atoms with Gasteiger partial charge in [-0.05, 0) is 67.5 Å². The Balaban J connectivity index is 1.33. The molecule has 1 heterocycles. The van der Waals surface area contributed by atoms with Gasteiger partial charge in [-0.15, -0.1) is 0 Å². The summed E-state index contributed by atoms with van der Waals surface area (Å²) in [4.78, 5) is 25.0. The molecule has 39 heavy (non-hydrogen) atoms. The molecule has 1 amide bonds. The number of aryl methyl sites for hydroxylation is 1. The molecule has 6 nitrogen and oxygen atoms in total. The zero-order valence-electron chi connectivity index (χ0n) is 22.6. The third-order valence-corrected chi connectivity index (χ3v) is 6.90. The van der Waals surface area contributed by atoms with Crippen molar-refractivity contribution in [3.8, 4) is 11.3 Å². The fraction of sp³-hybridized carbons (Fsp3) is 0.182. The van der Waals surface area contributed by atoms with E-state index >= 15 is 0 Å². The standard InChI is InChI=1S/C33H33N5O/c1-4-38(5-2)22-24-16-15-23(3)30(21-24)35-32(39)26-17-19-27(20-18-26)34-33-36-29-14-10-9-13-28(29)31(37-33)25-11-7-6-8-12-25/h6-21H,4-5,22H2,1-3H3,(H,35,39)(H,34,36,37). The second kappa shape index (κ2) is 11.9. The Bertz CT molecular complexity index is 1580. The van der Waals surface area contributed by atoms with Crippen LogP contribution in [0.5, 0.6) is 0 Å². The van der Waals surface area contributed by atoms with E-state index in [2.05, 4.69) is 47.6 Å². The molecule has 0 radical (unpaired) electrons. The highest BCUT2D eigenvalue weighted by atomic mass is 16.1. The van der Waals surface area contributed by atoms with Gasteiger partial charge in [0.15, 0.2) is 0 Å². The van der Waals surface area contributed by atoms with E-state index in [0.29, 0.717) is 11.5 Å². The SMILES string of the molecule is CCN(CC)Cc1ccc(C)c(NC(=O)c2ccc(Nc3nc(-c4ccccc4)c4ccccc4n3)cc2)c1. The number of amides is 1. The highest BCUT2D eigenvalue weighted by Crippen LogP contribution is 2.28. The first kappa shape index (κ1) is 26.1. The maximum absolute atomic E-state index is 13.1. The second-order valence-corrected chi connectivity index (χ2v) is 9.55. The van der Waals surface area contributed by atoms with Gasteiger partial charge in [-0.2, -0.15) is 0 Å². The number of rotatable bonds is 9. The summed E-state index contributed by atoms with van der Waals surface area (Å²) in [7, 11) is 0. The summed E-state index contributed by atoms with van der Waals surface area (Å²) in [6, 6.07) is 31.7. The van der Waals surface area contributed by atoms with Crippen LogP contribution in [0.4, 0.5) is 17.3 Å². The molecule has 2 N–H and O–H groups in total. The predicted octanol–water partition coefficient (Wildman–Crippen LogP) is 7.44. The predicted molar refractivity (Wildman–Crippen MR) is 160 cm³/mol. The summed E-state index contributed by atoms with van der Waals surface area (Å²) < 4.78 is 0. The molecule has 1 aromatic heterocycles. The van der Waals surface area contributed by atoms with Crippen molar-refractivity contribution in [1.82, 2.24) is 14.9 Å². The molecule has 0 aliphatic rings. The second-order valence-electron chi connectivity index (χ2n) is 9.55. The van der Waals surface area contributed by atoms with Crippen LogP contribution in [-0.4, -0.2) is 33.9 Å². The molecule has 0 saturated heterocycles. The van der Waals surface area contributed by atoms with E-state index in [1.807, 2.05) is 85.8 Å². The van der Waals surface area contributed by atoms with Crippen LogP contribution in [0, 0.1) is 6.92 Å². The van der Waals surface area contributed by atoms with E-state index in [9.17, 15) is 4.79 Å². The van der Waals surface area contributed by atoms with Crippen LogP contribution in [0.2, 0.25) is 0 Å². The van der Waals surface area contributed by atoms with Crippen molar-refractivity contribution in [2.45, 2.75) is 27.3 Å². The van der Waals surface area contributed by atoms with Crippen LogP contribution in [0.25, 0.3) is 22.2 Å². The van der Waals surface area contributed by atoms with Crippen molar-refractivity contribution < 1.29 is 4.79 Å². The van der Waals surface area contributed by atoms with Crippen molar-refractivity contribution in [1.29, 1.82) is 0 Å². The van der Waals surface area contributed by atoms with E-state index in [4.69, 9.17) is 9.97 Å². The maximum atomic E-state index is 13.1. The first-order chi connectivity index (χ1) is 19.0. The fourth-order valence-electron chi connectivity index (χ4n) is 4.58. The average Bonchev–Trinajstić information content (AvgIpc) is 2.98. The number of carbonyl (C=O) groups is 1. The minimum Gasteiger partial charge on any atom is -0.324 e. The van der Waals surface area contributed by atoms with E-state index in [1.54, 1.807) is 0 Å². The van der Waals surface area contributed by atoms with Crippen LogP contribution in [0.15, 0.2) is 97.1 Å². The zero-order valence-corrected chi connectivity index (χ0v) is 22.6. The number of fused-ring (bicyclic) bond motifs is 1. The van der Waals surface area contributed by atoms with Gasteiger partial charge in [0.1, 0.15) is 0 Å². The van der Waals surface area contributed by atoms with Gasteiger partial charge in [-0.3, -0.25) is 9.69 Å². The molecule has 0 aliphatic carbocycles. The largest absolute Gasteiger partial charge is 0.324 e. The average molecular weight is 516 g/mol. The highest BCUT2D eigenvalue weighted by molar-refractivity contribution is 6.05. The lowest BCUT2D eigenvalue weighted by Crippen LogP contribution is -2.22. The lowest BCUT2D eigenvalue weighted by atomic mass is 10.1. The molecule has 0 spiro atoms. The number of para-hydroxylation sites is 1. The third kappa shape index (κ3) is 6.13. The lowest BCUT2D eigenvalue weighted by Gasteiger charge is -2.19. The number of anilines is 3. The zero-order chi connectivity index (χ0) is 27.2. The summed E-state index contributed by atoms with van der Waals surface area (Å²) in [5.41, 5.74) is 7.21. The quantitative estimate of drug-likeness (QED) is 0.213. The number of nitrogens with one attached hydrogen (secondary N) is 2. The van der Waals surface area contributed by atoms with Crippen molar-refractivity contribution >= 4 is 34.1 Å². The van der Waals surface area contributed by atoms with Gasteiger partial charge in [0, 0.05) is 34.4 Å². The lowest BCUT2D eigenvalue weighted by molar-refractivity contribution is 0.102. The van der Waals surface area contributed by atoms with Crippen molar-refractivity contribution in [2.75, 3.05) is 23.7 Å². The van der Waals surface area contributed by atoms with Gasteiger partial charge >= 0.3 is 0 Å². The molecular formula is C33H33N5O. The minimum absolute atomic E-state index is 0.141. The monoisotopic (exact) mass is 515 g/mol. The number of nitrogens with zero attached hydrogens (tertiary/aromatic N) is 3. The van der Waals surface area contributed by atoms with Gasteiger partial charge in [0.2, 0.25) is 5.95 Å². The van der Waals surface area contributed by atoms with Gasteiger partial charge in [0.25, 0.3) is 5.91 Å². The van der Waals surface area contributed by atoms with Crippen LogP contribution < -0.4 is 10.6 Å². The van der Waals surface area contributed by atoms with Gasteiger partial charge in [-0.25, -0.2) is 9.97 Å². The molecule has 0 bridgehead atoms. The minimum atomic E-state index is -0.141. The topological polar surface area (TPSA) is 70.2 Å². The molecule has 4 aromatic carbocycles. The number of hydrogen-bond donors (Lipinski definition) is 2. The van der Waals surface area contributed by atoms with Crippen LogP contribution >= 0.6 is 0 Å². The molecule has 0 aliphatic heterocycles. The molecule has 0 unspecified atom stereocenters. The Kier molecular flexibility index (Phi) is 7.94. The van der Waals surface area contributed by atoms with Gasteiger partial charge in [-0.1, -0.05) is 74.5 Å². The van der Waals surface area contributed by atoms with E-state index in [-0.39, 0.29) is 5.91 Å².